The van der Waals surface area contributed by atoms with Crippen LogP contribution in [0.15, 0.2) is 18.2 Å². The summed E-state index contributed by atoms with van der Waals surface area (Å²) in [6.45, 7) is 5.58. The SMILES string of the molecule is CCN(CC)C(=O)[C@H]1CCCN1C(=O)Nc1ccc(F)cc1Cl. The molecule has 0 unspecified atom stereocenters. The molecule has 1 N–H and O–H groups in total. The zero-order chi connectivity index (χ0) is 17.0. The van der Waals surface area contributed by atoms with Gasteiger partial charge in [0, 0.05) is 19.6 Å². The highest BCUT2D eigenvalue weighted by molar-refractivity contribution is 6.33. The number of carbonyl (C=O) groups excluding carboxylic acids is 2. The number of rotatable bonds is 4. The van der Waals surface area contributed by atoms with Crippen LogP contribution in [0.5, 0.6) is 0 Å². The minimum absolute atomic E-state index is 0.0344. The van der Waals surface area contributed by atoms with Crippen molar-refractivity contribution in [3.05, 3.63) is 29.0 Å². The summed E-state index contributed by atoms with van der Waals surface area (Å²) in [6.07, 6.45) is 1.43. The quantitative estimate of drug-likeness (QED) is 0.913. The van der Waals surface area contributed by atoms with Gasteiger partial charge < -0.3 is 15.1 Å². The van der Waals surface area contributed by atoms with Crippen molar-refractivity contribution in [2.45, 2.75) is 32.7 Å². The average molecular weight is 342 g/mol. The molecule has 0 spiro atoms. The van der Waals surface area contributed by atoms with Crippen LogP contribution in [0.1, 0.15) is 26.7 Å². The fourth-order valence-electron chi connectivity index (χ4n) is 2.79. The Morgan fingerprint density at radius 2 is 2.09 bits per heavy atom. The highest BCUT2D eigenvalue weighted by atomic mass is 35.5. The van der Waals surface area contributed by atoms with Crippen LogP contribution in [0.2, 0.25) is 5.02 Å². The Hall–Kier alpha value is -1.82. The van der Waals surface area contributed by atoms with Gasteiger partial charge >= 0.3 is 6.03 Å². The lowest BCUT2D eigenvalue weighted by Crippen LogP contribution is -2.49. The average Bonchev–Trinajstić information content (AvgIpc) is 3.00. The number of hydrogen-bond acceptors (Lipinski definition) is 2. The van der Waals surface area contributed by atoms with Crippen LogP contribution in [0.3, 0.4) is 0 Å². The minimum atomic E-state index is -0.469. The van der Waals surface area contributed by atoms with Gasteiger partial charge in [0.25, 0.3) is 0 Å². The zero-order valence-corrected chi connectivity index (χ0v) is 14.1. The van der Waals surface area contributed by atoms with E-state index in [4.69, 9.17) is 11.6 Å². The van der Waals surface area contributed by atoms with Crippen LogP contribution in [0.25, 0.3) is 0 Å². The molecule has 5 nitrogen and oxygen atoms in total. The molecule has 2 rings (SSSR count). The molecule has 1 aliphatic rings. The van der Waals surface area contributed by atoms with E-state index in [0.717, 1.165) is 12.5 Å². The van der Waals surface area contributed by atoms with Crippen molar-refractivity contribution < 1.29 is 14.0 Å². The predicted molar refractivity (Wildman–Crippen MR) is 88.1 cm³/mol. The minimum Gasteiger partial charge on any atom is -0.341 e. The zero-order valence-electron chi connectivity index (χ0n) is 13.3. The monoisotopic (exact) mass is 341 g/mol. The maximum Gasteiger partial charge on any atom is 0.322 e. The van der Waals surface area contributed by atoms with E-state index < -0.39 is 11.9 Å². The highest BCUT2D eigenvalue weighted by Crippen LogP contribution is 2.25. The summed E-state index contributed by atoms with van der Waals surface area (Å²) in [5.74, 6) is -0.503. The molecule has 0 radical (unpaired) electrons. The largest absolute Gasteiger partial charge is 0.341 e. The van der Waals surface area contributed by atoms with E-state index in [1.807, 2.05) is 13.8 Å². The molecule has 1 aromatic rings. The summed E-state index contributed by atoms with van der Waals surface area (Å²) in [5.41, 5.74) is 0.332. The first-order valence-electron chi connectivity index (χ1n) is 7.79. The van der Waals surface area contributed by atoms with Gasteiger partial charge in [-0.25, -0.2) is 9.18 Å². The second kappa shape index (κ2) is 7.64. The lowest BCUT2D eigenvalue weighted by molar-refractivity contribution is -0.134. The summed E-state index contributed by atoms with van der Waals surface area (Å²) in [5, 5.41) is 2.79. The van der Waals surface area contributed by atoms with Crippen molar-refractivity contribution in [2.24, 2.45) is 0 Å². The number of urea groups is 1. The maximum absolute atomic E-state index is 13.1. The normalized spacial score (nSPS) is 17.2. The number of anilines is 1. The first-order valence-corrected chi connectivity index (χ1v) is 8.17. The van der Waals surface area contributed by atoms with Crippen LogP contribution >= 0.6 is 11.6 Å². The number of hydrogen-bond donors (Lipinski definition) is 1. The Labute approximate surface area is 140 Å². The summed E-state index contributed by atoms with van der Waals surface area (Å²) >= 11 is 5.93. The molecule has 7 heteroatoms. The van der Waals surface area contributed by atoms with Crippen molar-refractivity contribution in [1.29, 1.82) is 0 Å². The summed E-state index contributed by atoms with van der Waals surface area (Å²) in [7, 11) is 0. The second-order valence-corrected chi connectivity index (χ2v) is 5.82. The standard InChI is InChI=1S/C16H21ClFN3O2/c1-3-20(4-2)15(22)14-6-5-9-21(14)16(23)19-13-8-7-11(18)10-12(13)17/h7-8,10,14H,3-6,9H2,1-2H3,(H,19,23)/t14-/m1/s1. The third kappa shape index (κ3) is 3.93. The van der Waals surface area contributed by atoms with E-state index in [1.54, 1.807) is 4.90 Å². The first kappa shape index (κ1) is 17.5. The first-order chi connectivity index (χ1) is 11.0. The van der Waals surface area contributed by atoms with Gasteiger partial charge in [-0.1, -0.05) is 11.6 Å². The fraction of sp³-hybridized carbons (Fsp3) is 0.500. The van der Waals surface area contributed by atoms with Gasteiger partial charge in [0.15, 0.2) is 0 Å². The number of carbonyl (C=O) groups is 2. The lowest BCUT2D eigenvalue weighted by atomic mass is 10.2. The van der Waals surface area contributed by atoms with Crippen molar-refractivity contribution >= 4 is 29.2 Å². The Balaban J connectivity index is 2.10. The number of likely N-dealkylation sites (N-methyl/N-ethyl adjacent to an activating group) is 1. The van der Waals surface area contributed by atoms with Gasteiger partial charge in [0.1, 0.15) is 11.9 Å². The van der Waals surface area contributed by atoms with Gasteiger partial charge in [-0.05, 0) is 44.9 Å². The fourth-order valence-corrected chi connectivity index (χ4v) is 3.00. The molecule has 1 aliphatic heterocycles. The van der Waals surface area contributed by atoms with Crippen LogP contribution in [0, 0.1) is 5.82 Å². The summed E-state index contributed by atoms with van der Waals surface area (Å²) in [6, 6.07) is 2.94. The Morgan fingerprint density at radius 1 is 1.39 bits per heavy atom. The van der Waals surface area contributed by atoms with Crippen molar-refractivity contribution in [3.63, 3.8) is 0 Å². The third-order valence-electron chi connectivity index (χ3n) is 4.05. The number of nitrogens with one attached hydrogen (secondary N) is 1. The van der Waals surface area contributed by atoms with Crippen LogP contribution < -0.4 is 5.32 Å². The number of halogens is 2. The van der Waals surface area contributed by atoms with Crippen molar-refractivity contribution in [2.75, 3.05) is 25.0 Å². The molecule has 1 heterocycles. The topological polar surface area (TPSA) is 52.7 Å². The van der Waals surface area contributed by atoms with Crippen molar-refractivity contribution in [1.82, 2.24) is 9.80 Å². The van der Waals surface area contributed by atoms with Gasteiger partial charge in [-0.3, -0.25) is 4.79 Å². The molecule has 3 amide bonds. The van der Waals surface area contributed by atoms with Crippen molar-refractivity contribution in [3.8, 4) is 0 Å². The molecule has 1 atom stereocenters. The highest BCUT2D eigenvalue weighted by Gasteiger charge is 2.36. The molecular formula is C16H21ClFN3O2. The predicted octanol–water partition coefficient (Wildman–Crippen LogP) is 3.34. The Kier molecular flexibility index (Phi) is 5.82. The van der Waals surface area contributed by atoms with Gasteiger partial charge in [-0.15, -0.1) is 0 Å². The Morgan fingerprint density at radius 3 is 2.70 bits per heavy atom. The van der Waals surface area contributed by atoms with Crippen LogP contribution in [-0.2, 0) is 4.79 Å². The lowest BCUT2D eigenvalue weighted by Gasteiger charge is -2.29. The molecule has 0 bridgehead atoms. The molecule has 126 valence electrons. The smallest absolute Gasteiger partial charge is 0.322 e. The van der Waals surface area contributed by atoms with Crippen LogP contribution in [-0.4, -0.2) is 47.4 Å². The summed E-state index contributed by atoms with van der Waals surface area (Å²) < 4.78 is 13.1. The number of likely N-dealkylation sites (tertiary alicyclic amines) is 1. The molecule has 0 aromatic heterocycles. The molecule has 1 saturated heterocycles. The maximum atomic E-state index is 13.1. The number of nitrogens with zero attached hydrogens (tertiary/aromatic N) is 2. The third-order valence-corrected chi connectivity index (χ3v) is 4.36. The van der Waals surface area contributed by atoms with Gasteiger partial charge in [-0.2, -0.15) is 0 Å². The second-order valence-electron chi connectivity index (χ2n) is 5.42. The van der Waals surface area contributed by atoms with Gasteiger partial charge in [0.05, 0.1) is 10.7 Å². The Bertz CT molecular complexity index is 593. The van der Waals surface area contributed by atoms with Gasteiger partial charge in [0.2, 0.25) is 5.91 Å². The molecule has 23 heavy (non-hydrogen) atoms. The van der Waals surface area contributed by atoms with Crippen LogP contribution in [0.4, 0.5) is 14.9 Å². The molecule has 1 fully saturated rings. The van der Waals surface area contributed by atoms with E-state index in [-0.39, 0.29) is 17.0 Å². The van der Waals surface area contributed by atoms with E-state index in [0.29, 0.717) is 31.7 Å². The number of benzene rings is 1. The molecule has 0 aliphatic carbocycles. The van der Waals surface area contributed by atoms with E-state index in [9.17, 15) is 14.0 Å². The summed E-state index contributed by atoms with van der Waals surface area (Å²) in [4.78, 5) is 28.2. The number of amides is 3. The van der Waals surface area contributed by atoms with E-state index in [2.05, 4.69) is 5.32 Å². The van der Waals surface area contributed by atoms with E-state index in [1.165, 1.54) is 17.0 Å². The van der Waals surface area contributed by atoms with E-state index >= 15 is 0 Å². The molecule has 0 saturated carbocycles. The molecular weight excluding hydrogens is 321 g/mol. The molecule has 1 aromatic carbocycles.